The van der Waals surface area contributed by atoms with Gasteiger partial charge in [-0.05, 0) is 25.1 Å². The molecule has 0 unspecified atom stereocenters. The second kappa shape index (κ2) is 9.94. The van der Waals surface area contributed by atoms with Crippen molar-refractivity contribution >= 4 is 27.2 Å². The van der Waals surface area contributed by atoms with Gasteiger partial charge in [-0.25, -0.2) is 13.4 Å². The minimum Gasteiger partial charge on any atom is -0.233 e. The van der Waals surface area contributed by atoms with E-state index in [1.807, 2.05) is 0 Å². The molecule has 0 radical (unpaired) electrons. The Balaban J connectivity index is 3.25. The van der Waals surface area contributed by atoms with Crippen molar-refractivity contribution in [3.05, 3.63) is 0 Å². The number of thiocarbonyl (C=S) groups is 1. The Bertz CT molecular complexity index is 306. The highest BCUT2D eigenvalue weighted by molar-refractivity contribution is 7.91. The van der Waals surface area contributed by atoms with Crippen molar-refractivity contribution in [2.75, 3.05) is 18.1 Å². The maximum atomic E-state index is 11.2. The van der Waals surface area contributed by atoms with E-state index < -0.39 is 9.84 Å². The molecule has 0 aliphatic rings. The number of sulfone groups is 1. The van der Waals surface area contributed by atoms with Crippen LogP contribution in [0.3, 0.4) is 0 Å². The van der Waals surface area contributed by atoms with Gasteiger partial charge in [-0.15, -0.1) is 0 Å². The molecule has 0 aromatic carbocycles. The molecule has 0 bridgehead atoms. The lowest BCUT2D eigenvalue weighted by Crippen LogP contribution is -2.08. The minimum atomic E-state index is -2.76. The summed E-state index contributed by atoms with van der Waals surface area (Å²) in [6.45, 7) is 2.47. The molecular formula is C11H21NO2S2. The molecule has 0 heterocycles. The van der Waals surface area contributed by atoms with Crippen molar-refractivity contribution in [2.24, 2.45) is 4.99 Å². The van der Waals surface area contributed by atoms with Gasteiger partial charge < -0.3 is 0 Å². The van der Waals surface area contributed by atoms with Gasteiger partial charge in [0.2, 0.25) is 0 Å². The van der Waals surface area contributed by atoms with E-state index in [0.29, 0.717) is 5.75 Å². The van der Waals surface area contributed by atoms with Crippen LogP contribution < -0.4 is 0 Å². The monoisotopic (exact) mass is 263 g/mol. The van der Waals surface area contributed by atoms with Gasteiger partial charge in [0.1, 0.15) is 9.84 Å². The SMILES string of the molecule is CCS(=O)(=O)CCCCCCCCN=C=S. The molecule has 0 saturated carbocycles. The molecule has 0 saturated heterocycles. The zero-order chi connectivity index (χ0) is 12.3. The van der Waals surface area contributed by atoms with Gasteiger partial charge in [-0.3, -0.25) is 0 Å². The van der Waals surface area contributed by atoms with Crippen LogP contribution in [0.25, 0.3) is 0 Å². The van der Waals surface area contributed by atoms with E-state index in [-0.39, 0.29) is 5.75 Å². The summed E-state index contributed by atoms with van der Waals surface area (Å²) in [5, 5.41) is 2.34. The summed E-state index contributed by atoms with van der Waals surface area (Å²) in [5.41, 5.74) is 0. The summed E-state index contributed by atoms with van der Waals surface area (Å²) >= 11 is 4.46. The van der Waals surface area contributed by atoms with Crippen molar-refractivity contribution < 1.29 is 8.42 Å². The van der Waals surface area contributed by atoms with Crippen LogP contribution in [0.15, 0.2) is 4.99 Å². The van der Waals surface area contributed by atoms with Crippen LogP contribution in [-0.2, 0) is 9.84 Å². The van der Waals surface area contributed by atoms with E-state index in [9.17, 15) is 8.42 Å². The molecule has 0 aliphatic heterocycles. The van der Waals surface area contributed by atoms with Crippen LogP contribution in [0.1, 0.15) is 45.4 Å². The average Bonchev–Trinajstić information content (AvgIpc) is 2.27. The van der Waals surface area contributed by atoms with E-state index in [2.05, 4.69) is 22.4 Å². The third-order valence-corrected chi connectivity index (χ3v) is 4.40. The number of nitrogens with zero attached hydrogens (tertiary/aromatic N) is 1. The van der Waals surface area contributed by atoms with Crippen LogP contribution in [0.2, 0.25) is 0 Å². The first kappa shape index (κ1) is 15.8. The third-order valence-electron chi connectivity index (χ3n) is 2.48. The number of hydrogen-bond acceptors (Lipinski definition) is 4. The first-order valence-corrected chi connectivity index (χ1v) is 8.09. The van der Waals surface area contributed by atoms with E-state index in [4.69, 9.17) is 0 Å². The first-order chi connectivity index (χ1) is 7.62. The fourth-order valence-corrected chi connectivity index (χ4v) is 2.43. The Labute approximate surface area is 104 Å². The lowest BCUT2D eigenvalue weighted by molar-refractivity contribution is 0.582. The molecule has 0 aromatic heterocycles. The number of hydrogen-bond donors (Lipinski definition) is 0. The Hall–Kier alpha value is -0.250. The predicted octanol–water partition coefficient (Wildman–Crippen LogP) is 2.86. The molecule has 16 heavy (non-hydrogen) atoms. The Morgan fingerprint density at radius 2 is 1.62 bits per heavy atom. The fourth-order valence-electron chi connectivity index (χ4n) is 1.41. The minimum absolute atomic E-state index is 0.266. The van der Waals surface area contributed by atoms with E-state index >= 15 is 0 Å². The normalized spacial score (nSPS) is 11.1. The number of unbranched alkanes of at least 4 members (excludes halogenated alkanes) is 5. The summed E-state index contributed by atoms with van der Waals surface area (Å²) in [6.07, 6.45) is 6.27. The fraction of sp³-hybridized carbons (Fsp3) is 0.909. The molecular weight excluding hydrogens is 242 g/mol. The zero-order valence-corrected chi connectivity index (χ0v) is 11.6. The van der Waals surface area contributed by atoms with Gasteiger partial charge in [0.25, 0.3) is 0 Å². The highest BCUT2D eigenvalue weighted by atomic mass is 32.2. The second-order valence-electron chi connectivity index (χ2n) is 3.83. The van der Waals surface area contributed by atoms with Crippen LogP contribution >= 0.6 is 12.2 Å². The highest BCUT2D eigenvalue weighted by Gasteiger charge is 2.05. The molecule has 3 nitrogen and oxygen atoms in total. The van der Waals surface area contributed by atoms with Crippen LogP contribution in [0.4, 0.5) is 0 Å². The van der Waals surface area contributed by atoms with E-state index in [0.717, 1.165) is 45.1 Å². The zero-order valence-electron chi connectivity index (χ0n) is 9.94. The van der Waals surface area contributed by atoms with Crippen LogP contribution in [0.5, 0.6) is 0 Å². The topological polar surface area (TPSA) is 46.5 Å². The second-order valence-corrected chi connectivity index (χ2v) is 6.49. The Morgan fingerprint density at radius 1 is 1.06 bits per heavy atom. The largest absolute Gasteiger partial charge is 0.233 e. The summed E-state index contributed by atoms with van der Waals surface area (Å²) in [5.74, 6) is 0.612. The lowest BCUT2D eigenvalue weighted by Gasteiger charge is -2.01. The van der Waals surface area contributed by atoms with Gasteiger partial charge in [0.05, 0.1) is 10.9 Å². The molecule has 0 rings (SSSR count). The molecule has 0 aromatic rings. The molecule has 94 valence electrons. The van der Waals surface area contributed by atoms with Gasteiger partial charge in [0.15, 0.2) is 0 Å². The van der Waals surface area contributed by atoms with Gasteiger partial charge in [0, 0.05) is 12.3 Å². The van der Waals surface area contributed by atoms with Crippen LogP contribution in [-0.4, -0.2) is 31.6 Å². The van der Waals surface area contributed by atoms with E-state index in [1.165, 1.54) is 0 Å². The molecule has 0 atom stereocenters. The Morgan fingerprint density at radius 3 is 2.19 bits per heavy atom. The third kappa shape index (κ3) is 10.3. The van der Waals surface area contributed by atoms with Crippen molar-refractivity contribution in [3.63, 3.8) is 0 Å². The predicted molar refractivity (Wildman–Crippen MR) is 71.9 cm³/mol. The number of aliphatic imine (C=N–C) groups is 1. The molecule has 5 heteroatoms. The summed E-state index contributed by atoms with van der Waals surface area (Å²) in [6, 6.07) is 0. The van der Waals surface area contributed by atoms with Crippen molar-refractivity contribution in [1.29, 1.82) is 0 Å². The standard InChI is InChI=1S/C11H21NO2S2/c1-2-16(13,14)10-8-6-4-3-5-7-9-12-11-15/h2-10H2,1H3. The molecule has 0 aliphatic carbocycles. The van der Waals surface area contributed by atoms with E-state index in [1.54, 1.807) is 6.92 Å². The van der Waals surface area contributed by atoms with Crippen molar-refractivity contribution in [1.82, 2.24) is 0 Å². The first-order valence-electron chi connectivity index (χ1n) is 5.86. The van der Waals surface area contributed by atoms with Gasteiger partial charge in [-0.1, -0.05) is 32.6 Å². The number of rotatable bonds is 10. The maximum absolute atomic E-state index is 11.2. The quantitative estimate of drug-likeness (QED) is 0.346. The summed E-state index contributed by atoms with van der Waals surface area (Å²) in [4.78, 5) is 3.83. The molecule has 0 N–H and O–H groups in total. The Kier molecular flexibility index (Phi) is 9.78. The summed E-state index contributed by atoms with van der Waals surface area (Å²) in [7, 11) is -2.76. The highest BCUT2D eigenvalue weighted by Crippen LogP contribution is 2.07. The number of isothiocyanates is 1. The van der Waals surface area contributed by atoms with Crippen LogP contribution in [0, 0.1) is 0 Å². The van der Waals surface area contributed by atoms with Crippen molar-refractivity contribution in [2.45, 2.75) is 45.4 Å². The van der Waals surface area contributed by atoms with Gasteiger partial charge in [-0.2, -0.15) is 0 Å². The molecule has 0 amide bonds. The van der Waals surface area contributed by atoms with Gasteiger partial charge >= 0.3 is 0 Å². The smallest absolute Gasteiger partial charge is 0.150 e. The average molecular weight is 263 g/mol. The summed E-state index contributed by atoms with van der Waals surface area (Å²) < 4.78 is 22.4. The maximum Gasteiger partial charge on any atom is 0.150 e. The molecule has 0 fully saturated rings. The lowest BCUT2D eigenvalue weighted by atomic mass is 10.1. The molecule has 0 spiro atoms. The van der Waals surface area contributed by atoms with Crippen molar-refractivity contribution in [3.8, 4) is 0 Å².